The Labute approximate surface area is 122 Å². The zero-order valence-electron chi connectivity index (χ0n) is 12.3. The molecule has 1 aliphatic heterocycles. The number of nitrogens with zero attached hydrogens (tertiary/aromatic N) is 3. The fraction of sp³-hybridized carbons (Fsp3) is 0.615. The van der Waals surface area contributed by atoms with Crippen LogP contribution in [0.3, 0.4) is 0 Å². The van der Waals surface area contributed by atoms with Crippen LogP contribution in [0.5, 0.6) is 0 Å². The van der Waals surface area contributed by atoms with Crippen LogP contribution in [0.15, 0.2) is 0 Å². The van der Waals surface area contributed by atoms with E-state index in [0.29, 0.717) is 0 Å². The van der Waals surface area contributed by atoms with E-state index in [9.17, 15) is 14.7 Å². The van der Waals surface area contributed by atoms with Crippen molar-refractivity contribution in [3.8, 4) is 0 Å². The van der Waals surface area contributed by atoms with Gasteiger partial charge in [0, 0.05) is 37.8 Å². The molecule has 1 aromatic heterocycles. The molecule has 8 heteroatoms. The molecule has 0 aliphatic carbocycles. The van der Waals surface area contributed by atoms with E-state index in [1.165, 1.54) is 0 Å². The van der Waals surface area contributed by atoms with E-state index in [-0.39, 0.29) is 19.5 Å². The number of hydrogen-bond donors (Lipinski definition) is 3. The Morgan fingerprint density at radius 2 is 2.10 bits per heavy atom. The lowest BCUT2D eigenvalue weighted by atomic mass is 10.2. The molecular weight excluding hydrogens is 276 g/mol. The van der Waals surface area contributed by atoms with Gasteiger partial charge < -0.3 is 20.4 Å². The van der Waals surface area contributed by atoms with E-state index in [1.807, 2.05) is 20.9 Å². The number of carbonyl (C=O) groups excluding carboxylic acids is 1. The van der Waals surface area contributed by atoms with Crippen molar-refractivity contribution in [1.82, 2.24) is 20.0 Å². The molecule has 0 aromatic carbocycles. The highest BCUT2D eigenvalue weighted by Crippen LogP contribution is 2.18. The number of carboxylic acid groups (broad SMARTS) is 1. The van der Waals surface area contributed by atoms with E-state index in [0.717, 1.165) is 21.9 Å². The molecule has 1 aromatic rings. The zero-order valence-corrected chi connectivity index (χ0v) is 12.3. The van der Waals surface area contributed by atoms with Gasteiger partial charge >= 0.3 is 12.0 Å². The summed E-state index contributed by atoms with van der Waals surface area (Å²) in [7, 11) is 1.82. The van der Waals surface area contributed by atoms with Crippen molar-refractivity contribution in [2.24, 2.45) is 7.05 Å². The van der Waals surface area contributed by atoms with Crippen molar-refractivity contribution >= 4 is 12.0 Å². The second-order valence-corrected chi connectivity index (χ2v) is 5.33. The maximum atomic E-state index is 12.1. The van der Waals surface area contributed by atoms with Crippen molar-refractivity contribution < 1.29 is 19.8 Å². The number of carboxylic acids is 1. The van der Waals surface area contributed by atoms with Gasteiger partial charge in [0.05, 0.1) is 11.8 Å². The number of rotatable bonds is 3. The first-order valence-corrected chi connectivity index (χ1v) is 6.75. The number of hydrogen-bond acceptors (Lipinski definition) is 4. The third-order valence-corrected chi connectivity index (χ3v) is 3.90. The van der Waals surface area contributed by atoms with Crippen LogP contribution in [0, 0.1) is 13.8 Å². The summed E-state index contributed by atoms with van der Waals surface area (Å²) in [5.41, 5.74) is 2.69. The molecule has 8 nitrogen and oxygen atoms in total. The Kier molecular flexibility index (Phi) is 4.17. The Hall–Kier alpha value is -2.09. The first kappa shape index (κ1) is 15.3. The van der Waals surface area contributed by atoms with Crippen LogP contribution in [0.4, 0.5) is 4.79 Å². The van der Waals surface area contributed by atoms with Gasteiger partial charge in [-0.15, -0.1) is 0 Å². The molecule has 116 valence electrons. The average Bonchev–Trinajstić information content (AvgIpc) is 2.90. The van der Waals surface area contributed by atoms with Gasteiger partial charge in [0.1, 0.15) is 6.04 Å². The third-order valence-electron chi connectivity index (χ3n) is 3.90. The molecule has 1 saturated heterocycles. The van der Waals surface area contributed by atoms with Gasteiger partial charge in [0.15, 0.2) is 0 Å². The normalized spacial score (nSPS) is 21.6. The van der Waals surface area contributed by atoms with Gasteiger partial charge in [-0.05, 0) is 13.8 Å². The highest BCUT2D eigenvalue weighted by atomic mass is 16.4. The monoisotopic (exact) mass is 296 g/mol. The van der Waals surface area contributed by atoms with E-state index in [2.05, 4.69) is 10.4 Å². The summed E-state index contributed by atoms with van der Waals surface area (Å²) in [6.07, 6.45) is -0.730. The summed E-state index contributed by atoms with van der Waals surface area (Å²) in [5, 5.41) is 25.6. The number of aliphatic hydroxyl groups excluding tert-OH is 1. The third kappa shape index (κ3) is 2.99. The van der Waals surface area contributed by atoms with Crippen LogP contribution >= 0.6 is 0 Å². The number of aryl methyl sites for hydroxylation is 2. The minimum Gasteiger partial charge on any atom is -0.480 e. The van der Waals surface area contributed by atoms with E-state index in [4.69, 9.17) is 5.11 Å². The Morgan fingerprint density at radius 3 is 2.62 bits per heavy atom. The predicted octanol–water partition coefficient (Wildman–Crippen LogP) is -0.234. The predicted molar refractivity (Wildman–Crippen MR) is 73.7 cm³/mol. The number of urea groups is 1. The number of nitrogens with one attached hydrogen (secondary N) is 1. The lowest BCUT2D eigenvalue weighted by molar-refractivity contribution is -0.141. The van der Waals surface area contributed by atoms with Gasteiger partial charge in [-0.25, -0.2) is 9.59 Å². The second-order valence-electron chi connectivity index (χ2n) is 5.33. The van der Waals surface area contributed by atoms with Gasteiger partial charge in [0.25, 0.3) is 0 Å². The number of amides is 2. The minimum absolute atomic E-state index is 0.0355. The summed E-state index contributed by atoms with van der Waals surface area (Å²) >= 11 is 0. The Morgan fingerprint density at radius 1 is 1.43 bits per heavy atom. The van der Waals surface area contributed by atoms with Gasteiger partial charge in [-0.1, -0.05) is 0 Å². The summed E-state index contributed by atoms with van der Waals surface area (Å²) in [6, 6.07) is -1.46. The van der Waals surface area contributed by atoms with Gasteiger partial charge in [-0.2, -0.15) is 5.10 Å². The molecule has 0 spiro atoms. The van der Waals surface area contributed by atoms with Gasteiger partial charge in [-0.3, -0.25) is 4.68 Å². The fourth-order valence-electron chi connectivity index (χ4n) is 2.61. The van der Waals surface area contributed by atoms with E-state index >= 15 is 0 Å². The fourth-order valence-corrected chi connectivity index (χ4v) is 2.61. The van der Waals surface area contributed by atoms with Crippen LogP contribution in [0.25, 0.3) is 0 Å². The Balaban J connectivity index is 2.03. The molecule has 2 amide bonds. The van der Waals surface area contributed by atoms with Crippen LogP contribution in [-0.2, 0) is 18.4 Å². The smallest absolute Gasteiger partial charge is 0.326 e. The number of β-amino-alcohol motifs (C(OH)–C–C–N with tert-alkyl or cyclic N) is 1. The largest absolute Gasteiger partial charge is 0.480 e. The molecule has 3 N–H and O–H groups in total. The number of aliphatic carboxylic acids is 1. The van der Waals surface area contributed by atoms with Crippen LogP contribution in [0.2, 0.25) is 0 Å². The lowest BCUT2D eigenvalue weighted by Gasteiger charge is -2.21. The summed E-state index contributed by atoms with van der Waals surface area (Å²) in [6.45, 7) is 4.08. The van der Waals surface area contributed by atoms with Crippen LogP contribution in [0.1, 0.15) is 23.4 Å². The molecule has 0 unspecified atom stereocenters. The number of aromatic nitrogens is 2. The number of carbonyl (C=O) groups is 2. The lowest BCUT2D eigenvalue weighted by Crippen LogP contribution is -2.46. The molecule has 2 heterocycles. The average molecular weight is 296 g/mol. The molecule has 1 fully saturated rings. The highest BCUT2D eigenvalue weighted by Gasteiger charge is 2.38. The van der Waals surface area contributed by atoms with E-state index in [1.54, 1.807) is 4.68 Å². The highest BCUT2D eigenvalue weighted by molar-refractivity contribution is 5.83. The SMILES string of the molecule is Cc1nn(C)c(C)c1CNC(=O)N1C[C@H](O)C[C@H]1C(=O)O. The van der Waals surface area contributed by atoms with Crippen molar-refractivity contribution in [3.63, 3.8) is 0 Å². The molecule has 0 radical (unpaired) electrons. The summed E-state index contributed by atoms with van der Waals surface area (Å²) < 4.78 is 1.73. The maximum absolute atomic E-state index is 12.1. The first-order chi connectivity index (χ1) is 9.81. The molecule has 2 atom stereocenters. The molecule has 2 rings (SSSR count). The Bertz CT molecular complexity index is 569. The standard InChI is InChI=1S/C13H20N4O4/c1-7-10(8(2)16(3)15-7)5-14-13(21)17-6-9(18)4-11(17)12(19)20/h9,11,18H,4-6H2,1-3H3,(H,14,21)(H,19,20)/t9-,11+/m1/s1. The van der Waals surface area contributed by atoms with Crippen LogP contribution in [-0.4, -0.2) is 55.6 Å². The van der Waals surface area contributed by atoms with Crippen molar-refractivity contribution in [2.75, 3.05) is 6.54 Å². The van der Waals surface area contributed by atoms with E-state index < -0.39 is 24.1 Å². The molecule has 0 bridgehead atoms. The summed E-state index contributed by atoms with van der Waals surface area (Å²) in [5.74, 6) is -1.10. The molecule has 0 saturated carbocycles. The van der Waals surface area contributed by atoms with Gasteiger partial charge in [0.2, 0.25) is 0 Å². The quantitative estimate of drug-likeness (QED) is 0.714. The number of likely N-dealkylation sites (tertiary alicyclic amines) is 1. The van der Waals surface area contributed by atoms with Crippen molar-refractivity contribution in [1.29, 1.82) is 0 Å². The maximum Gasteiger partial charge on any atom is 0.326 e. The summed E-state index contributed by atoms with van der Waals surface area (Å²) in [4.78, 5) is 24.4. The number of aliphatic hydroxyl groups is 1. The zero-order chi connectivity index (χ0) is 15.7. The molecular formula is C13H20N4O4. The molecule has 21 heavy (non-hydrogen) atoms. The minimum atomic E-state index is -1.10. The van der Waals surface area contributed by atoms with Crippen molar-refractivity contribution in [3.05, 3.63) is 17.0 Å². The molecule has 1 aliphatic rings. The second kappa shape index (κ2) is 5.72. The van der Waals surface area contributed by atoms with Crippen molar-refractivity contribution in [2.45, 2.75) is 39.0 Å². The topological polar surface area (TPSA) is 108 Å². The first-order valence-electron chi connectivity index (χ1n) is 6.75. The van der Waals surface area contributed by atoms with Crippen LogP contribution < -0.4 is 5.32 Å².